The van der Waals surface area contributed by atoms with Crippen molar-refractivity contribution in [2.24, 2.45) is 23.7 Å². The lowest BCUT2D eigenvalue weighted by molar-refractivity contribution is 0.0203. The molecule has 4 aliphatic rings. The second-order valence-electron chi connectivity index (χ2n) is 12.4. The number of aromatic nitrogens is 1. The maximum absolute atomic E-state index is 12.4. The summed E-state index contributed by atoms with van der Waals surface area (Å²) in [7, 11) is 0. The van der Waals surface area contributed by atoms with Crippen molar-refractivity contribution >= 4 is 6.09 Å². The zero-order valence-electron chi connectivity index (χ0n) is 22.0. The Balaban J connectivity index is 1.27. The quantitative estimate of drug-likeness (QED) is 0.619. The van der Waals surface area contributed by atoms with E-state index in [9.17, 15) is 4.79 Å². The number of likely N-dealkylation sites (tertiary alicyclic amines) is 1. The second-order valence-corrected chi connectivity index (χ2v) is 12.4. The number of piperidine rings is 2. The molecule has 1 saturated carbocycles. The smallest absolute Gasteiger partial charge is 0.410 e. The van der Waals surface area contributed by atoms with E-state index in [0.29, 0.717) is 42.7 Å². The van der Waals surface area contributed by atoms with Crippen LogP contribution in [0.15, 0.2) is 10.6 Å². The van der Waals surface area contributed by atoms with Gasteiger partial charge in [0, 0.05) is 50.8 Å². The summed E-state index contributed by atoms with van der Waals surface area (Å²) in [6.45, 7) is 11.1. The Morgan fingerprint density at radius 3 is 2.51 bits per heavy atom. The minimum absolute atomic E-state index is 0.206. The van der Waals surface area contributed by atoms with Crippen LogP contribution in [0.1, 0.15) is 95.4 Å². The molecule has 1 aromatic heterocycles. The van der Waals surface area contributed by atoms with Crippen LogP contribution < -0.4 is 5.32 Å². The average molecular weight is 488 g/mol. The molecule has 4 atom stereocenters. The molecule has 1 amide bonds. The number of amides is 1. The Hall–Kier alpha value is -1.60. The summed E-state index contributed by atoms with van der Waals surface area (Å²) in [6.07, 6.45) is 9.63. The van der Waals surface area contributed by atoms with E-state index in [1.165, 1.54) is 38.5 Å². The standard InChI is InChI=1S/C28H45N3O4/c1-28(2,3)34-27(32)31-12-9-19(10-13-31)24-15-25(35-30-24)23-17-29-16-22(21-11-14-33-18-21)26(23)20-7-5-4-6-8-20/h15,19-23,26,29H,4-14,16-18H2,1-3H3. The summed E-state index contributed by atoms with van der Waals surface area (Å²) in [4.78, 5) is 14.3. The fraction of sp³-hybridized carbons (Fsp3) is 0.857. The molecular formula is C28H45N3O4. The van der Waals surface area contributed by atoms with Gasteiger partial charge in [0.05, 0.1) is 5.69 Å². The molecule has 0 aromatic carbocycles. The first-order chi connectivity index (χ1) is 16.9. The van der Waals surface area contributed by atoms with Crippen LogP contribution in [0.3, 0.4) is 0 Å². The van der Waals surface area contributed by atoms with E-state index in [1.54, 1.807) is 0 Å². The first-order valence-corrected chi connectivity index (χ1v) is 14.1. The lowest BCUT2D eigenvalue weighted by atomic mass is 9.62. The first-order valence-electron chi connectivity index (χ1n) is 14.1. The molecule has 3 aliphatic heterocycles. The molecule has 196 valence electrons. The summed E-state index contributed by atoms with van der Waals surface area (Å²) < 4.78 is 17.5. The number of nitrogens with one attached hydrogen (secondary N) is 1. The minimum atomic E-state index is -0.458. The molecular weight excluding hydrogens is 442 g/mol. The largest absolute Gasteiger partial charge is 0.444 e. The molecule has 7 heteroatoms. The highest BCUT2D eigenvalue weighted by Gasteiger charge is 2.45. The van der Waals surface area contributed by atoms with E-state index >= 15 is 0 Å². The lowest BCUT2D eigenvalue weighted by Gasteiger charge is -2.45. The van der Waals surface area contributed by atoms with Crippen LogP contribution in [0, 0.1) is 23.7 Å². The van der Waals surface area contributed by atoms with Crippen molar-refractivity contribution in [2.45, 2.75) is 89.6 Å². The number of nitrogens with zero attached hydrogens (tertiary/aromatic N) is 2. The molecule has 0 radical (unpaired) electrons. The van der Waals surface area contributed by atoms with Gasteiger partial charge in [0.25, 0.3) is 0 Å². The predicted molar refractivity (Wildman–Crippen MR) is 134 cm³/mol. The van der Waals surface area contributed by atoms with Gasteiger partial charge < -0.3 is 24.2 Å². The first kappa shape index (κ1) is 25.1. The van der Waals surface area contributed by atoms with Crippen molar-refractivity contribution in [1.29, 1.82) is 0 Å². The summed E-state index contributed by atoms with van der Waals surface area (Å²) >= 11 is 0. The van der Waals surface area contributed by atoms with Gasteiger partial charge in [0.2, 0.25) is 0 Å². The normalized spacial score (nSPS) is 31.6. The third kappa shape index (κ3) is 5.87. The van der Waals surface area contributed by atoms with Gasteiger partial charge in [-0.1, -0.05) is 37.3 Å². The number of carbonyl (C=O) groups excluding carboxylic acids is 1. The second kappa shape index (κ2) is 10.8. The minimum Gasteiger partial charge on any atom is -0.444 e. The molecule has 1 aromatic rings. The molecule has 4 heterocycles. The van der Waals surface area contributed by atoms with Crippen LogP contribution in [0.2, 0.25) is 0 Å². The van der Waals surface area contributed by atoms with Crippen molar-refractivity contribution < 1.29 is 18.8 Å². The van der Waals surface area contributed by atoms with Crippen LogP contribution >= 0.6 is 0 Å². The molecule has 4 unspecified atom stereocenters. The zero-order chi connectivity index (χ0) is 24.4. The molecule has 0 bridgehead atoms. The van der Waals surface area contributed by atoms with Gasteiger partial charge in [-0.2, -0.15) is 0 Å². The van der Waals surface area contributed by atoms with Crippen molar-refractivity contribution in [3.8, 4) is 0 Å². The zero-order valence-corrected chi connectivity index (χ0v) is 22.0. The number of carbonyl (C=O) groups is 1. The van der Waals surface area contributed by atoms with Crippen LogP contribution in [0.5, 0.6) is 0 Å². The highest BCUT2D eigenvalue weighted by Crippen LogP contribution is 2.47. The molecule has 1 N–H and O–H groups in total. The molecule has 3 saturated heterocycles. The number of rotatable bonds is 4. The van der Waals surface area contributed by atoms with E-state index < -0.39 is 5.60 Å². The molecule has 1 aliphatic carbocycles. The van der Waals surface area contributed by atoms with E-state index in [0.717, 1.165) is 56.5 Å². The Labute approximate surface area is 210 Å². The highest BCUT2D eigenvalue weighted by atomic mass is 16.6. The van der Waals surface area contributed by atoms with E-state index in [2.05, 4.69) is 16.5 Å². The van der Waals surface area contributed by atoms with Crippen LogP contribution in [-0.4, -0.2) is 61.1 Å². The summed E-state index contributed by atoms with van der Waals surface area (Å²) in [6, 6.07) is 2.25. The van der Waals surface area contributed by atoms with Gasteiger partial charge in [-0.25, -0.2) is 4.79 Å². The molecule has 35 heavy (non-hydrogen) atoms. The van der Waals surface area contributed by atoms with Crippen molar-refractivity contribution in [3.63, 3.8) is 0 Å². The third-order valence-corrected chi connectivity index (χ3v) is 8.94. The molecule has 7 nitrogen and oxygen atoms in total. The van der Waals surface area contributed by atoms with E-state index in [4.69, 9.17) is 14.0 Å². The van der Waals surface area contributed by atoms with Crippen molar-refractivity contribution in [1.82, 2.24) is 15.4 Å². The Morgan fingerprint density at radius 1 is 1.06 bits per heavy atom. The van der Waals surface area contributed by atoms with Gasteiger partial charge in [-0.05, 0) is 70.3 Å². The maximum Gasteiger partial charge on any atom is 0.410 e. The average Bonchev–Trinajstić information content (AvgIpc) is 3.56. The van der Waals surface area contributed by atoms with Crippen LogP contribution in [-0.2, 0) is 9.47 Å². The van der Waals surface area contributed by atoms with Crippen molar-refractivity contribution in [3.05, 3.63) is 17.5 Å². The van der Waals surface area contributed by atoms with Gasteiger partial charge in [-0.15, -0.1) is 0 Å². The predicted octanol–water partition coefficient (Wildman–Crippen LogP) is 5.33. The lowest BCUT2D eigenvalue weighted by Crippen LogP contribution is -2.48. The van der Waals surface area contributed by atoms with Gasteiger partial charge >= 0.3 is 6.09 Å². The maximum atomic E-state index is 12.4. The Morgan fingerprint density at radius 2 is 1.83 bits per heavy atom. The van der Waals surface area contributed by atoms with E-state index in [-0.39, 0.29) is 6.09 Å². The molecule has 0 spiro atoms. The monoisotopic (exact) mass is 487 g/mol. The van der Waals surface area contributed by atoms with Crippen molar-refractivity contribution in [2.75, 3.05) is 39.4 Å². The molecule has 4 fully saturated rings. The Kier molecular flexibility index (Phi) is 7.73. The van der Waals surface area contributed by atoms with Gasteiger partial charge in [0.15, 0.2) is 0 Å². The summed E-state index contributed by atoms with van der Waals surface area (Å²) in [5.74, 6) is 4.56. The summed E-state index contributed by atoms with van der Waals surface area (Å²) in [5.41, 5.74) is 0.609. The van der Waals surface area contributed by atoms with E-state index in [1.807, 2.05) is 25.7 Å². The number of ether oxygens (including phenoxy) is 2. The van der Waals surface area contributed by atoms with Crippen LogP contribution in [0.25, 0.3) is 0 Å². The van der Waals surface area contributed by atoms with Gasteiger partial charge in [-0.3, -0.25) is 0 Å². The third-order valence-electron chi connectivity index (χ3n) is 8.94. The van der Waals surface area contributed by atoms with Gasteiger partial charge in [0.1, 0.15) is 11.4 Å². The number of hydrogen-bond acceptors (Lipinski definition) is 6. The number of hydrogen-bond donors (Lipinski definition) is 1. The molecule has 5 rings (SSSR count). The topological polar surface area (TPSA) is 76.8 Å². The van der Waals surface area contributed by atoms with Crippen LogP contribution in [0.4, 0.5) is 4.79 Å². The Bertz CT molecular complexity index is 830. The highest BCUT2D eigenvalue weighted by molar-refractivity contribution is 5.68. The fourth-order valence-electron chi connectivity index (χ4n) is 7.19. The SMILES string of the molecule is CC(C)(C)OC(=O)N1CCC(c2cc(C3CNCC(C4CCOC4)C3C3CCCCC3)on2)CC1. The summed E-state index contributed by atoms with van der Waals surface area (Å²) in [5, 5.41) is 8.34. The fourth-order valence-corrected chi connectivity index (χ4v) is 7.19.